The zero-order valence-electron chi connectivity index (χ0n) is 14.3. The van der Waals surface area contributed by atoms with Crippen LogP contribution in [0, 0.1) is 5.82 Å². The number of hydrogen-bond acceptors (Lipinski definition) is 4. The van der Waals surface area contributed by atoms with Gasteiger partial charge in [0.05, 0.1) is 11.8 Å². The number of rotatable bonds is 5. The predicted molar refractivity (Wildman–Crippen MR) is 88.7 cm³/mol. The summed E-state index contributed by atoms with van der Waals surface area (Å²) in [5.41, 5.74) is -1.71. The first-order valence-electron chi connectivity index (χ1n) is 7.93. The van der Waals surface area contributed by atoms with Gasteiger partial charge in [-0.15, -0.1) is 0 Å². The lowest BCUT2D eigenvalue weighted by atomic mass is 9.87. The second-order valence-corrected chi connectivity index (χ2v) is 7.96. The second kappa shape index (κ2) is 6.57. The number of alkyl halides is 3. The van der Waals surface area contributed by atoms with Crippen LogP contribution in [-0.2, 0) is 30.8 Å². The molecule has 3 atom stereocenters. The molecule has 0 spiro atoms. The van der Waals surface area contributed by atoms with E-state index in [9.17, 15) is 26.0 Å². The van der Waals surface area contributed by atoms with E-state index in [2.05, 4.69) is 0 Å². The van der Waals surface area contributed by atoms with Crippen LogP contribution < -0.4 is 0 Å². The van der Waals surface area contributed by atoms with E-state index in [4.69, 9.17) is 8.92 Å². The highest BCUT2D eigenvalue weighted by Crippen LogP contribution is 2.60. The molecule has 2 aromatic carbocycles. The molecule has 3 rings (SSSR count). The second-order valence-electron chi connectivity index (χ2n) is 6.36. The number of ether oxygens (including phenoxy) is 1. The molecule has 2 aromatic rings. The van der Waals surface area contributed by atoms with Crippen LogP contribution in [0.2, 0.25) is 0 Å². The monoisotopic (exact) mass is 404 g/mol. The van der Waals surface area contributed by atoms with Crippen molar-refractivity contribution in [1.82, 2.24) is 0 Å². The molecule has 0 aromatic heterocycles. The van der Waals surface area contributed by atoms with Crippen molar-refractivity contribution in [3.8, 4) is 0 Å². The molecule has 0 bridgehead atoms. The average Bonchev–Trinajstić information content (AvgIpc) is 3.30. The van der Waals surface area contributed by atoms with Gasteiger partial charge < -0.3 is 4.74 Å². The van der Waals surface area contributed by atoms with Crippen LogP contribution in [0.25, 0.3) is 0 Å². The number of halogens is 4. The summed E-state index contributed by atoms with van der Waals surface area (Å²) < 4.78 is 86.3. The average molecular weight is 404 g/mol. The summed E-state index contributed by atoms with van der Waals surface area (Å²) in [7, 11) is -3.89. The molecule has 0 N–H and O–H groups in total. The summed E-state index contributed by atoms with van der Waals surface area (Å²) in [6, 6.07) is 9.70. The SMILES string of the molecule is CC(OS(C)(=O)=O)[C@@]1(c2cccc(C(F)(F)F)c2)O[C@H]1c1ccc(F)cc1. The predicted octanol–water partition coefficient (Wildman–Crippen LogP) is 4.18. The van der Waals surface area contributed by atoms with E-state index in [-0.39, 0.29) is 5.56 Å². The Morgan fingerprint density at radius 1 is 1.15 bits per heavy atom. The van der Waals surface area contributed by atoms with Gasteiger partial charge in [0.1, 0.15) is 18.0 Å². The fourth-order valence-electron chi connectivity index (χ4n) is 3.15. The molecule has 27 heavy (non-hydrogen) atoms. The number of benzene rings is 2. The highest BCUT2D eigenvalue weighted by atomic mass is 32.2. The van der Waals surface area contributed by atoms with E-state index in [1.54, 1.807) is 0 Å². The fourth-order valence-corrected chi connectivity index (χ4v) is 3.82. The molecule has 0 radical (unpaired) electrons. The quantitative estimate of drug-likeness (QED) is 0.426. The van der Waals surface area contributed by atoms with Crippen LogP contribution in [0.4, 0.5) is 17.6 Å². The molecule has 1 saturated heterocycles. The molecule has 0 aliphatic carbocycles. The molecule has 1 unspecified atom stereocenters. The Kier molecular flexibility index (Phi) is 4.82. The molecule has 1 aliphatic rings. The van der Waals surface area contributed by atoms with Gasteiger partial charge in [-0.05, 0) is 42.3 Å². The van der Waals surface area contributed by atoms with E-state index in [0.29, 0.717) is 5.56 Å². The van der Waals surface area contributed by atoms with Crippen molar-refractivity contribution in [2.45, 2.75) is 30.9 Å². The normalized spacial score (nSPS) is 23.9. The van der Waals surface area contributed by atoms with Crippen molar-refractivity contribution < 1.29 is 34.9 Å². The van der Waals surface area contributed by atoms with Crippen molar-refractivity contribution in [2.24, 2.45) is 0 Å². The minimum absolute atomic E-state index is 0.128. The standard InChI is InChI=1S/C18H16F4O4S/c1-11(26-27(2,23)24)17(13-4-3-5-14(10-13)18(20,21)22)16(25-17)12-6-8-15(19)9-7-12/h3-11,16H,1-2H3/t11?,16-,17-/m0/s1. The largest absolute Gasteiger partial charge is 0.416 e. The van der Waals surface area contributed by atoms with Crippen molar-refractivity contribution in [3.05, 3.63) is 71.0 Å². The van der Waals surface area contributed by atoms with Gasteiger partial charge in [-0.25, -0.2) is 4.39 Å². The Bertz CT molecular complexity index is 941. The van der Waals surface area contributed by atoms with Gasteiger partial charge in [0.15, 0.2) is 5.60 Å². The molecule has 1 aliphatic heterocycles. The third-order valence-electron chi connectivity index (χ3n) is 4.38. The summed E-state index contributed by atoms with van der Waals surface area (Å²) in [6.45, 7) is 1.41. The van der Waals surface area contributed by atoms with Crippen molar-refractivity contribution in [2.75, 3.05) is 6.26 Å². The molecule has 1 heterocycles. The minimum atomic E-state index is -4.57. The van der Waals surface area contributed by atoms with Gasteiger partial charge in [-0.1, -0.05) is 24.3 Å². The Morgan fingerprint density at radius 3 is 2.33 bits per heavy atom. The first-order chi connectivity index (χ1) is 12.4. The molecule has 1 fully saturated rings. The number of hydrogen-bond donors (Lipinski definition) is 0. The first-order valence-corrected chi connectivity index (χ1v) is 9.74. The third-order valence-corrected chi connectivity index (χ3v) is 5.02. The van der Waals surface area contributed by atoms with E-state index >= 15 is 0 Å². The minimum Gasteiger partial charge on any atom is -0.353 e. The summed E-state index contributed by atoms with van der Waals surface area (Å²) in [5.74, 6) is -0.482. The Morgan fingerprint density at radius 2 is 1.78 bits per heavy atom. The van der Waals surface area contributed by atoms with Crippen LogP contribution in [0.3, 0.4) is 0 Å². The molecular formula is C18H16F4O4S. The van der Waals surface area contributed by atoms with Crippen LogP contribution >= 0.6 is 0 Å². The van der Waals surface area contributed by atoms with Gasteiger partial charge >= 0.3 is 6.18 Å². The highest BCUT2D eigenvalue weighted by Gasteiger charge is 2.63. The maximum atomic E-state index is 13.2. The Balaban J connectivity index is 2.06. The van der Waals surface area contributed by atoms with E-state index < -0.39 is 45.5 Å². The lowest BCUT2D eigenvalue weighted by molar-refractivity contribution is -0.137. The fraction of sp³-hybridized carbons (Fsp3) is 0.333. The molecule has 0 saturated carbocycles. The molecule has 4 nitrogen and oxygen atoms in total. The van der Waals surface area contributed by atoms with Crippen molar-refractivity contribution in [1.29, 1.82) is 0 Å². The molecule has 146 valence electrons. The van der Waals surface area contributed by atoms with Crippen LogP contribution in [0.15, 0.2) is 48.5 Å². The van der Waals surface area contributed by atoms with Crippen LogP contribution in [0.1, 0.15) is 29.7 Å². The van der Waals surface area contributed by atoms with Gasteiger partial charge in [0.2, 0.25) is 0 Å². The van der Waals surface area contributed by atoms with Gasteiger partial charge in [-0.2, -0.15) is 21.6 Å². The first kappa shape index (κ1) is 19.8. The van der Waals surface area contributed by atoms with Gasteiger partial charge in [-0.3, -0.25) is 4.18 Å². The van der Waals surface area contributed by atoms with E-state index in [1.165, 1.54) is 43.3 Å². The molecular weight excluding hydrogens is 388 g/mol. The topological polar surface area (TPSA) is 55.9 Å². The zero-order valence-corrected chi connectivity index (χ0v) is 15.1. The van der Waals surface area contributed by atoms with Crippen LogP contribution in [-0.4, -0.2) is 20.8 Å². The smallest absolute Gasteiger partial charge is 0.353 e. The molecule has 0 amide bonds. The lowest BCUT2D eigenvalue weighted by Crippen LogP contribution is -2.31. The number of epoxide rings is 1. The van der Waals surface area contributed by atoms with E-state index in [1.807, 2.05) is 0 Å². The highest BCUT2D eigenvalue weighted by molar-refractivity contribution is 7.86. The molecule has 9 heteroatoms. The Labute approximate surface area is 153 Å². The maximum Gasteiger partial charge on any atom is 0.416 e. The van der Waals surface area contributed by atoms with Gasteiger partial charge in [0.25, 0.3) is 10.1 Å². The lowest BCUT2D eigenvalue weighted by Gasteiger charge is -2.22. The summed E-state index contributed by atoms with van der Waals surface area (Å²) >= 11 is 0. The summed E-state index contributed by atoms with van der Waals surface area (Å²) in [4.78, 5) is 0. The summed E-state index contributed by atoms with van der Waals surface area (Å²) in [6.07, 6.45) is -5.61. The van der Waals surface area contributed by atoms with Crippen LogP contribution in [0.5, 0.6) is 0 Å². The van der Waals surface area contributed by atoms with Crippen molar-refractivity contribution in [3.63, 3.8) is 0 Å². The Hall–Kier alpha value is -1.97. The maximum absolute atomic E-state index is 13.2. The zero-order chi connectivity index (χ0) is 20.0. The van der Waals surface area contributed by atoms with Crippen molar-refractivity contribution >= 4 is 10.1 Å². The summed E-state index contributed by atoms with van der Waals surface area (Å²) in [5, 5.41) is 0. The van der Waals surface area contributed by atoms with Gasteiger partial charge in [0, 0.05) is 0 Å². The third kappa shape index (κ3) is 3.99. The van der Waals surface area contributed by atoms with E-state index in [0.717, 1.165) is 18.4 Å².